The van der Waals surface area contributed by atoms with E-state index in [4.69, 9.17) is 11.6 Å². The van der Waals surface area contributed by atoms with Crippen LogP contribution in [0.2, 0.25) is 4.34 Å². The van der Waals surface area contributed by atoms with Gasteiger partial charge in [-0.15, -0.1) is 5.10 Å². The molecule has 1 aliphatic heterocycles. The quantitative estimate of drug-likeness (QED) is 0.916. The van der Waals surface area contributed by atoms with Gasteiger partial charge in [0.2, 0.25) is 5.91 Å². The van der Waals surface area contributed by atoms with Crippen molar-refractivity contribution in [2.45, 2.75) is 6.54 Å². The summed E-state index contributed by atoms with van der Waals surface area (Å²) in [6, 6.07) is 7.66. The third-order valence-corrected chi connectivity index (χ3v) is 3.69. The highest BCUT2D eigenvalue weighted by molar-refractivity contribution is 7.10. The smallest absolute Gasteiger partial charge is 0.243 e. The third kappa shape index (κ3) is 2.04. The number of hydrogen-bond donors (Lipinski definition) is 1. The molecule has 0 unspecified atom stereocenters. The van der Waals surface area contributed by atoms with Gasteiger partial charge < -0.3 is 10.2 Å². The Labute approximate surface area is 113 Å². The van der Waals surface area contributed by atoms with Gasteiger partial charge in [-0.2, -0.15) is 0 Å². The number of para-hydroxylation sites is 2. The van der Waals surface area contributed by atoms with E-state index in [0.717, 1.165) is 22.9 Å². The lowest BCUT2D eigenvalue weighted by atomic mass is 10.2. The van der Waals surface area contributed by atoms with Crippen molar-refractivity contribution in [2.75, 3.05) is 16.8 Å². The summed E-state index contributed by atoms with van der Waals surface area (Å²) >= 11 is 7.14. The number of fused-ring (bicyclic) bond motifs is 1. The van der Waals surface area contributed by atoms with E-state index < -0.39 is 0 Å². The number of carbonyl (C=O) groups is 1. The maximum atomic E-state index is 11.6. The Hall–Kier alpha value is -1.66. The number of nitrogens with one attached hydrogen (secondary N) is 1. The molecule has 7 heteroatoms. The lowest BCUT2D eigenvalue weighted by Crippen LogP contribution is -2.37. The Morgan fingerprint density at radius 1 is 1.44 bits per heavy atom. The Bertz CT molecular complexity index is 600. The van der Waals surface area contributed by atoms with Gasteiger partial charge in [-0.1, -0.05) is 28.2 Å². The molecule has 2 aromatic rings. The number of anilines is 2. The van der Waals surface area contributed by atoms with E-state index in [1.165, 1.54) is 0 Å². The van der Waals surface area contributed by atoms with Crippen LogP contribution in [-0.2, 0) is 11.3 Å². The molecule has 0 saturated heterocycles. The van der Waals surface area contributed by atoms with Crippen LogP contribution in [0.5, 0.6) is 0 Å². The average molecular weight is 281 g/mol. The van der Waals surface area contributed by atoms with E-state index in [9.17, 15) is 4.79 Å². The molecule has 3 rings (SSSR count). The van der Waals surface area contributed by atoms with Crippen molar-refractivity contribution in [3.8, 4) is 0 Å². The second-order valence-corrected chi connectivity index (χ2v) is 5.27. The first-order chi connectivity index (χ1) is 8.74. The molecule has 1 aliphatic rings. The fraction of sp³-hybridized carbons (Fsp3) is 0.182. The zero-order valence-corrected chi connectivity index (χ0v) is 10.8. The van der Waals surface area contributed by atoms with Crippen LogP contribution in [0.4, 0.5) is 11.4 Å². The summed E-state index contributed by atoms with van der Waals surface area (Å²) < 4.78 is 4.36. The van der Waals surface area contributed by atoms with Crippen molar-refractivity contribution in [1.29, 1.82) is 0 Å². The van der Waals surface area contributed by atoms with Gasteiger partial charge in [0, 0.05) is 11.5 Å². The minimum Gasteiger partial charge on any atom is -0.354 e. The molecule has 92 valence electrons. The van der Waals surface area contributed by atoms with Gasteiger partial charge in [0.15, 0.2) is 0 Å². The van der Waals surface area contributed by atoms with Crippen LogP contribution < -0.4 is 10.2 Å². The van der Waals surface area contributed by atoms with Gasteiger partial charge in [-0.05, 0) is 12.1 Å². The number of aromatic nitrogens is 2. The first kappa shape index (κ1) is 11.4. The third-order valence-electron chi connectivity index (χ3n) is 2.70. The summed E-state index contributed by atoms with van der Waals surface area (Å²) in [4.78, 5) is 13.6. The van der Waals surface area contributed by atoms with Crippen LogP contribution in [0.25, 0.3) is 0 Å². The van der Waals surface area contributed by atoms with E-state index in [1.54, 1.807) is 0 Å². The molecule has 0 aliphatic carbocycles. The second-order valence-electron chi connectivity index (χ2n) is 3.91. The van der Waals surface area contributed by atoms with Crippen molar-refractivity contribution in [1.82, 2.24) is 9.59 Å². The number of hydrogen-bond acceptors (Lipinski definition) is 5. The highest BCUT2D eigenvalue weighted by Gasteiger charge is 2.23. The van der Waals surface area contributed by atoms with E-state index >= 15 is 0 Å². The number of amides is 1. The Kier molecular flexibility index (Phi) is 2.89. The molecular formula is C11H9ClN4OS. The van der Waals surface area contributed by atoms with E-state index in [1.807, 2.05) is 29.2 Å². The Morgan fingerprint density at radius 2 is 2.28 bits per heavy atom. The SMILES string of the molecule is O=C1CN(Cc2nnsc2Cl)c2ccccc2N1. The summed E-state index contributed by atoms with van der Waals surface area (Å²) in [5.41, 5.74) is 2.49. The van der Waals surface area contributed by atoms with E-state index in [0.29, 0.717) is 23.1 Å². The van der Waals surface area contributed by atoms with Gasteiger partial charge >= 0.3 is 0 Å². The number of halogens is 1. The van der Waals surface area contributed by atoms with Crippen LogP contribution in [0.1, 0.15) is 5.69 Å². The molecule has 0 atom stereocenters. The molecule has 0 bridgehead atoms. The van der Waals surface area contributed by atoms with Crippen molar-refractivity contribution < 1.29 is 4.79 Å². The van der Waals surface area contributed by atoms with Crippen molar-refractivity contribution in [2.24, 2.45) is 0 Å². The molecule has 0 saturated carbocycles. The molecular weight excluding hydrogens is 272 g/mol. The van der Waals surface area contributed by atoms with Gasteiger partial charge in [-0.3, -0.25) is 4.79 Å². The number of carbonyl (C=O) groups excluding carboxylic acids is 1. The predicted octanol–water partition coefficient (Wildman–Crippen LogP) is 2.15. The lowest BCUT2D eigenvalue weighted by Gasteiger charge is -2.30. The summed E-state index contributed by atoms with van der Waals surface area (Å²) in [7, 11) is 0. The maximum absolute atomic E-state index is 11.6. The van der Waals surface area contributed by atoms with E-state index in [-0.39, 0.29) is 5.91 Å². The summed E-state index contributed by atoms with van der Waals surface area (Å²) in [5, 5.41) is 6.81. The predicted molar refractivity (Wildman–Crippen MR) is 71.0 cm³/mol. The molecule has 0 spiro atoms. The fourth-order valence-electron chi connectivity index (χ4n) is 1.92. The fourth-order valence-corrected chi connectivity index (χ4v) is 2.53. The van der Waals surface area contributed by atoms with Gasteiger partial charge in [0.25, 0.3) is 0 Å². The Balaban J connectivity index is 1.93. The molecule has 0 fully saturated rings. The monoisotopic (exact) mass is 280 g/mol. The first-order valence-corrected chi connectivity index (χ1v) is 6.50. The molecule has 1 aromatic heterocycles. The zero-order valence-electron chi connectivity index (χ0n) is 9.26. The number of benzene rings is 1. The highest BCUT2D eigenvalue weighted by Crippen LogP contribution is 2.31. The van der Waals surface area contributed by atoms with Crippen LogP contribution >= 0.6 is 23.1 Å². The minimum atomic E-state index is -0.0342. The van der Waals surface area contributed by atoms with E-state index in [2.05, 4.69) is 14.9 Å². The maximum Gasteiger partial charge on any atom is 0.243 e. The minimum absolute atomic E-state index is 0.0342. The van der Waals surface area contributed by atoms with Gasteiger partial charge in [0.05, 0.1) is 24.5 Å². The van der Waals surface area contributed by atoms with Crippen LogP contribution in [-0.4, -0.2) is 22.0 Å². The average Bonchev–Trinajstić information content (AvgIpc) is 2.75. The molecule has 1 amide bonds. The zero-order chi connectivity index (χ0) is 12.5. The molecule has 1 aromatic carbocycles. The largest absolute Gasteiger partial charge is 0.354 e. The van der Waals surface area contributed by atoms with Crippen LogP contribution in [0.3, 0.4) is 0 Å². The van der Waals surface area contributed by atoms with Crippen LogP contribution in [0, 0.1) is 0 Å². The summed E-state index contributed by atoms with van der Waals surface area (Å²) in [6.45, 7) is 0.782. The Morgan fingerprint density at radius 3 is 3.06 bits per heavy atom. The lowest BCUT2D eigenvalue weighted by molar-refractivity contribution is -0.115. The summed E-state index contributed by atoms with van der Waals surface area (Å²) in [6.07, 6.45) is 0. The molecule has 18 heavy (non-hydrogen) atoms. The second kappa shape index (κ2) is 4.55. The number of rotatable bonds is 2. The molecule has 0 radical (unpaired) electrons. The van der Waals surface area contributed by atoms with Crippen LogP contribution in [0.15, 0.2) is 24.3 Å². The van der Waals surface area contributed by atoms with Gasteiger partial charge in [0.1, 0.15) is 10.0 Å². The van der Waals surface area contributed by atoms with Crippen molar-refractivity contribution >= 4 is 40.4 Å². The summed E-state index contributed by atoms with van der Waals surface area (Å²) in [5.74, 6) is -0.0342. The van der Waals surface area contributed by atoms with Crippen molar-refractivity contribution in [3.63, 3.8) is 0 Å². The van der Waals surface area contributed by atoms with Gasteiger partial charge in [-0.25, -0.2) is 0 Å². The first-order valence-electron chi connectivity index (χ1n) is 5.34. The molecule has 5 nitrogen and oxygen atoms in total. The van der Waals surface area contributed by atoms with Crippen molar-refractivity contribution in [3.05, 3.63) is 34.3 Å². The topological polar surface area (TPSA) is 58.1 Å². The molecule has 2 heterocycles. The molecule has 1 N–H and O–H groups in total. The number of nitrogens with zero attached hydrogens (tertiary/aromatic N) is 3. The standard InChI is InChI=1S/C11H9ClN4OS/c12-11-8(14-15-18-11)5-16-6-10(17)13-7-3-1-2-4-9(7)16/h1-4H,5-6H2,(H,13,17). The highest BCUT2D eigenvalue weighted by atomic mass is 35.5. The normalized spacial score (nSPS) is 14.3.